The summed E-state index contributed by atoms with van der Waals surface area (Å²) in [6.07, 6.45) is 0. The van der Waals surface area contributed by atoms with Crippen LogP contribution in [0.1, 0.15) is 28.4 Å². The van der Waals surface area contributed by atoms with Crippen molar-refractivity contribution in [3.05, 3.63) is 64.2 Å². The Hall–Kier alpha value is -2.53. The van der Waals surface area contributed by atoms with E-state index < -0.39 is 5.97 Å². The van der Waals surface area contributed by atoms with Crippen LogP contribution >= 0.6 is 11.6 Å². The maximum absolute atomic E-state index is 12.1. The van der Waals surface area contributed by atoms with Gasteiger partial charge in [0.1, 0.15) is 12.4 Å². The minimum atomic E-state index is -0.442. The molecule has 0 bridgehead atoms. The van der Waals surface area contributed by atoms with E-state index in [2.05, 4.69) is 5.32 Å². The normalized spacial score (nSPS) is 10.1. The van der Waals surface area contributed by atoms with Crippen LogP contribution in [-0.2, 0) is 22.7 Å². The SMILES string of the molecule is COc1ccc(Cl)cc1COC(=O)c1ccc(CNC(C)=O)cc1. The first kappa shape index (κ1) is 17.8. The summed E-state index contributed by atoms with van der Waals surface area (Å²) in [6, 6.07) is 12.0. The van der Waals surface area contributed by atoms with E-state index in [1.165, 1.54) is 6.92 Å². The summed E-state index contributed by atoms with van der Waals surface area (Å²) >= 11 is 5.95. The number of halogens is 1. The van der Waals surface area contributed by atoms with Gasteiger partial charge in [0.25, 0.3) is 0 Å². The largest absolute Gasteiger partial charge is 0.496 e. The number of esters is 1. The molecular weight excluding hydrogens is 330 g/mol. The van der Waals surface area contributed by atoms with Crippen LogP contribution in [0.3, 0.4) is 0 Å². The molecule has 1 N–H and O–H groups in total. The molecular formula is C18H18ClNO4. The van der Waals surface area contributed by atoms with Gasteiger partial charge in [0, 0.05) is 24.1 Å². The fraction of sp³-hybridized carbons (Fsp3) is 0.222. The number of nitrogens with one attached hydrogen (secondary N) is 1. The van der Waals surface area contributed by atoms with Gasteiger partial charge < -0.3 is 14.8 Å². The van der Waals surface area contributed by atoms with Gasteiger partial charge in [-0.3, -0.25) is 4.79 Å². The van der Waals surface area contributed by atoms with Crippen molar-refractivity contribution in [1.82, 2.24) is 5.32 Å². The second kappa shape index (κ2) is 8.36. The van der Waals surface area contributed by atoms with Crippen LogP contribution in [0.5, 0.6) is 5.75 Å². The second-order valence-electron chi connectivity index (χ2n) is 5.14. The molecule has 0 aliphatic carbocycles. The molecule has 5 nitrogen and oxygen atoms in total. The fourth-order valence-electron chi connectivity index (χ4n) is 2.07. The van der Waals surface area contributed by atoms with E-state index in [1.54, 1.807) is 49.6 Å². The number of methoxy groups -OCH3 is 1. The second-order valence-corrected chi connectivity index (χ2v) is 5.58. The molecule has 0 unspecified atom stereocenters. The Kier molecular flexibility index (Phi) is 6.21. The average Bonchev–Trinajstić information content (AvgIpc) is 2.58. The zero-order chi connectivity index (χ0) is 17.5. The zero-order valence-corrected chi connectivity index (χ0v) is 14.2. The molecule has 0 fully saturated rings. The van der Waals surface area contributed by atoms with Crippen molar-refractivity contribution in [3.63, 3.8) is 0 Å². The average molecular weight is 348 g/mol. The summed E-state index contributed by atoms with van der Waals surface area (Å²) in [5.74, 6) is 0.0647. The van der Waals surface area contributed by atoms with Crippen LogP contribution in [0, 0.1) is 0 Å². The van der Waals surface area contributed by atoms with Crippen molar-refractivity contribution < 1.29 is 19.1 Å². The third kappa shape index (κ3) is 4.99. The van der Waals surface area contributed by atoms with Gasteiger partial charge in [-0.2, -0.15) is 0 Å². The topological polar surface area (TPSA) is 64.6 Å². The standard InChI is InChI=1S/C18H18ClNO4/c1-12(21)20-10-13-3-5-14(6-4-13)18(22)24-11-15-9-16(19)7-8-17(15)23-2/h3-9H,10-11H2,1-2H3,(H,20,21). The van der Waals surface area contributed by atoms with Crippen LogP contribution < -0.4 is 10.1 Å². The molecule has 2 aromatic rings. The van der Waals surface area contributed by atoms with Gasteiger partial charge in [0.15, 0.2) is 0 Å². The first-order chi connectivity index (χ1) is 11.5. The van der Waals surface area contributed by atoms with Crippen LogP contribution in [0.4, 0.5) is 0 Å². The molecule has 0 aliphatic heterocycles. The molecule has 0 radical (unpaired) electrons. The highest BCUT2D eigenvalue weighted by molar-refractivity contribution is 6.30. The third-order valence-electron chi connectivity index (χ3n) is 3.33. The first-order valence-electron chi connectivity index (χ1n) is 7.32. The van der Waals surface area contributed by atoms with Gasteiger partial charge in [-0.05, 0) is 35.9 Å². The van der Waals surface area contributed by atoms with Gasteiger partial charge in [0.2, 0.25) is 5.91 Å². The molecule has 6 heteroatoms. The molecule has 126 valence electrons. The molecule has 0 saturated carbocycles. The summed E-state index contributed by atoms with van der Waals surface area (Å²) in [5, 5.41) is 3.24. The maximum Gasteiger partial charge on any atom is 0.338 e. The summed E-state index contributed by atoms with van der Waals surface area (Å²) in [6.45, 7) is 1.94. The minimum Gasteiger partial charge on any atom is -0.496 e. The van der Waals surface area contributed by atoms with Crippen molar-refractivity contribution in [2.45, 2.75) is 20.1 Å². The van der Waals surface area contributed by atoms with Crippen molar-refractivity contribution in [2.75, 3.05) is 7.11 Å². The Bertz CT molecular complexity index is 728. The Morgan fingerprint density at radius 1 is 1.12 bits per heavy atom. The van der Waals surface area contributed by atoms with Gasteiger partial charge in [-0.25, -0.2) is 4.79 Å². The number of hydrogen-bond donors (Lipinski definition) is 1. The van der Waals surface area contributed by atoms with Gasteiger partial charge in [-0.1, -0.05) is 23.7 Å². The molecule has 0 saturated heterocycles. The van der Waals surface area contributed by atoms with Crippen molar-refractivity contribution >= 4 is 23.5 Å². The number of carbonyl (C=O) groups excluding carboxylic acids is 2. The summed E-state index contributed by atoms with van der Waals surface area (Å²) in [4.78, 5) is 23.0. The highest BCUT2D eigenvalue weighted by atomic mass is 35.5. The minimum absolute atomic E-state index is 0.0657. The number of hydrogen-bond acceptors (Lipinski definition) is 4. The van der Waals surface area contributed by atoms with Crippen LogP contribution in [0.2, 0.25) is 5.02 Å². The summed E-state index contributed by atoms with van der Waals surface area (Å²) in [7, 11) is 1.54. The molecule has 0 aromatic heterocycles. The van der Waals surface area contributed by atoms with Gasteiger partial charge in [0.05, 0.1) is 12.7 Å². The zero-order valence-electron chi connectivity index (χ0n) is 13.5. The Morgan fingerprint density at radius 2 is 1.83 bits per heavy atom. The summed E-state index contributed by atoms with van der Waals surface area (Å²) < 4.78 is 10.5. The van der Waals surface area contributed by atoms with Gasteiger partial charge >= 0.3 is 5.97 Å². The lowest BCUT2D eigenvalue weighted by Gasteiger charge is -2.10. The molecule has 0 atom stereocenters. The first-order valence-corrected chi connectivity index (χ1v) is 7.70. The Labute approximate surface area is 145 Å². The van der Waals surface area contributed by atoms with Gasteiger partial charge in [-0.15, -0.1) is 0 Å². The van der Waals surface area contributed by atoms with E-state index in [-0.39, 0.29) is 12.5 Å². The molecule has 0 heterocycles. The predicted molar refractivity (Wildman–Crippen MR) is 91.1 cm³/mol. The third-order valence-corrected chi connectivity index (χ3v) is 3.57. The Balaban J connectivity index is 1.97. The summed E-state index contributed by atoms with van der Waals surface area (Å²) in [5.41, 5.74) is 2.03. The number of carbonyl (C=O) groups is 2. The van der Waals surface area contributed by atoms with E-state index in [9.17, 15) is 9.59 Å². The Morgan fingerprint density at radius 3 is 2.46 bits per heavy atom. The molecule has 2 rings (SSSR count). The van der Waals surface area contributed by atoms with E-state index in [0.717, 1.165) is 5.56 Å². The van der Waals surface area contributed by atoms with E-state index in [0.29, 0.717) is 28.4 Å². The fourth-order valence-corrected chi connectivity index (χ4v) is 2.27. The van der Waals surface area contributed by atoms with E-state index >= 15 is 0 Å². The highest BCUT2D eigenvalue weighted by Gasteiger charge is 2.10. The quantitative estimate of drug-likeness (QED) is 0.814. The van der Waals surface area contributed by atoms with E-state index in [1.807, 2.05) is 0 Å². The molecule has 2 aromatic carbocycles. The van der Waals surface area contributed by atoms with Crippen LogP contribution in [0.25, 0.3) is 0 Å². The number of amides is 1. The van der Waals surface area contributed by atoms with Crippen molar-refractivity contribution in [2.24, 2.45) is 0 Å². The predicted octanol–water partition coefficient (Wildman–Crippen LogP) is 3.34. The van der Waals surface area contributed by atoms with Crippen molar-refractivity contribution in [1.29, 1.82) is 0 Å². The number of rotatable bonds is 6. The monoisotopic (exact) mass is 347 g/mol. The molecule has 0 aliphatic rings. The smallest absolute Gasteiger partial charge is 0.338 e. The molecule has 1 amide bonds. The highest BCUT2D eigenvalue weighted by Crippen LogP contribution is 2.23. The molecule has 24 heavy (non-hydrogen) atoms. The number of ether oxygens (including phenoxy) is 2. The molecule has 0 spiro atoms. The maximum atomic E-state index is 12.1. The van der Waals surface area contributed by atoms with Crippen LogP contribution in [0.15, 0.2) is 42.5 Å². The number of benzene rings is 2. The van der Waals surface area contributed by atoms with E-state index in [4.69, 9.17) is 21.1 Å². The van der Waals surface area contributed by atoms with Crippen LogP contribution in [-0.4, -0.2) is 19.0 Å². The lowest BCUT2D eigenvalue weighted by Crippen LogP contribution is -2.18. The lowest BCUT2D eigenvalue weighted by molar-refractivity contribution is -0.119. The lowest BCUT2D eigenvalue weighted by atomic mass is 10.1. The van der Waals surface area contributed by atoms with Crippen molar-refractivity contribution in [3.8, 4) is 5.75 Å².